The number of hydrogen-bond donors (Lipinski definition) is 2. The van der Waals surface area contributed by atoms with Gasteiger partial charge in [-0.1, -0.05) is 17.3 Å². The van der Waals surface area contributed by atoms with Crippen LogP contribution in [0.2, 0.25) is 0 Å². The van der Waals surface area contributed by atoms with E-state index in [1.807, 2.05) is 0 Å². The highest BCUT2D eigenvalue weighted by atomic mass is 31.2. The van der Waals surface area contributed by atoms with Gasteiger partial charge in [0.05, 0.1) is 5.52 Å². The molecule has 0 spiro atoms. The maximum Gasteiger partial charge on any atom is 0.346 e. The van der Waals surface area contributed by atoms with E-state index in [9.17, 15) is 4.57 Å². The summed E-state index contributed by atoms with van der Waals surface area (Å²) >= 11 is 0. The zero-order valence-electron chi connectivity index (χ0n) is 7.11. The Kier molecular flexibility index (Phi) is 2.11. The minimum atomic E-state index is -4.10. The van der Waals surface area contributed by atoms with Gasteiger partial charge in [0, 0.05) is 0 Å². The SMILES string of the molecule is O=P(O)(O)Cn1nnc2ccccc21. The largest absolute Gasteiger partial charge is 0.346 e. The summed E-state index contributed by atoms with van der Waals surface area (Å²) in [4.78, 5) is 17.5. The maximum atomic E-state index is 10.7. The third-order valence-electron chi connectivity index (χ3n) is 1.74. The third-order valence-corrected chi connectivity index (χ3v) is 2.37. The molecular weight excluding hydrogens is 205 g/mol. The number of hydrogen-bond acceptors (Lipinski definition) is 3. The van der Waals surface area contributed by atoms with E-state index in [4.69, 9.17) is 9.79 Å². The highest BCUT2D eigenvalue weighted by molar-refractivity contribution is 7.50. The van der Waals surface area contributed by atoms with Gasteiger partial charge >= 0.3 is 7.60 Å². The molecule has 14 heavy (non-hydrogen) atoms. The molecule has 0 aliphatic heterocycles. The predicted octanol–water partition coefficient (Wildman–Crippen LogP) is 0.566. The molecule has 0 aliphatic carbocycles. The lowest BCUT2D eigenvalue weighted by Gasteiger charge is -2.03. The van der Waals surface area contributed by atoms with E-state index in [2.05, 4.69) is 10.3 Å². The van der Waals surface area contributed by atoms with Crippen LogP contribution in [-0.2, 0) is 10.9 Å². The molecule has 0 saturated heterocycles. The zero-order chi connectivity index (χ0) is 10.2. The number of fused-ring (bicyclic) bond motifs is 1. The maximum absolute atomic E-state index is 10.7. The second-order valence-corrected chi connectivity index (χ2v) is 4.50. The van der Waals surface area contributed by atoms with Crippen molar-refractivity contribution in [2.24, 2.45) is 0 Å². The van der Waals surface area contributed by atoms with Crippen LogP contribution in [0, 0.1) is 0 Å². The first kappa shape index (κ1) is 9.33. The Balaban J connectivity index is 2.49. The van der Waals surface area contributed by atoms with Crippen LogP contribution in [-0.4, -0.2) is 24.8 Å². The summed E-state index contributed by atoms with van der Waals surface area (Å²) in [5.74, 6) is 0. The first-order chi connectivity index (χ1) is 6.56. The van der Waals surface area contributed by atoms with Crippen molar-refractivity contribution in [1.29, 1.82) is 0 Å². The molecule has 1 heterocycles. The van der Waals surface area contributed by atoms with Crippen LogP contribution in [0.3, 0.4) is 0 Å². The number of rotatable bonds is 2. The van der Waals surface area contributed by atoms with Gasteiger partial charge in [-0.25, -0.2) is 4.68 Å². The van der Waals surface area contributed by atoms with Crippen molar-refractivity contribution in [1.82, 2.24) is 15.0 Å². The van der Waals surface area contributed by atoms with E-state index < -0.39 is 13.9 Å². The molecule has 6 nitrogen and oxygen atoms in total. The first-order valence-electron chi connectivity index (χ1n) is 3.89. The van der Waals surface area contributed by atoms with Gasteiger partial charge in [0.15, 0.2) is 0 Å². The molecule has 0 amide bonds. The normalized spacial score (nSPS) is 12.1. The van der Waals surface area contributed by atoms with Crippen LogP contribution < -0.4 is 0 Å². The van der Waals surface area contributed by atoms with Crippen LogP contribution in [0.5, 0.6) is 0 Å². The van der Waals surface area contributed by atoms with Crippen LogP contribution in [0.1, 0.15) is 0 Å². The Morgan fingerprint density at radius 3 is 2.79 bits per heavy atom. The fourth-order valence-electron chi connectivity index (χ4n) is 1.20. The fraction of sp³-hybridized carbons (Fsp3) is 0.143. The Morgan fingerprint density at radius 1 is 1.36 bits per heavy atom. The Morgan fingerprint density at radius 2 is 2.07 bits per heavy atom. The lowest BCUT2D eigenvalue weighted by atomic mass is 10.3. The Hall–Kier alpha value is -1.23. The van der Waals surface area contributed by atoms with Gasteiger partial charge in [-0.05, 0) is 12.1 Å². The van der Waals surface area contributed by atoms with Gasteiger partial charge in [0.1, 0.15) is 11.8 Å². The monoisotopic (exact) mass is 213 g/mol. The van der Waals surface area contributed by atoms with Crippen LogP contribution in [0.25, 0.3) is 11.0 Å². The summed E-state index contributed by atoms with van der Waals surface area (Å²) < 4.78 is 12.0. The fourth-order valence-corrected chi connectivity index (χ4v) is 1.75. The predicted molar refractivity (Wildman–Crippen MR) is 49.6 cm³/mol. The zero-order valence-corrected chi connectivity index (χ0v) is 8.00. The van der Waals surface area contributed by atoms with Crippen molar-refractivity contribution >= 4 is 18.6 Å². The second kappa shape index (κ2) is 3.16. The van der Waals surface area contributed by atoms with Crippen molar-refractivity contribution < 1.29 is 14.4 Å². The van der Waals surface area contributed by atoms with Crippen molar-refractivity contribution in [3.05, 3.63) is 24.3 Å². The van der Waals surface area contributed by atoms with Gasteiger partial charge in [-0.2, -0.15) is 0 Å². The van der Waals surface area contributed by atoms with E-state index in [1.165, 1.54) is 4.68 Å². The quantitative estimate of drug-likeness (QED) is 0.712. The molecular formula is C7H8N3O3P. The summed E-state index contributed by atoms with van der Waals surface area (Å²) in [6, 6.07) is 7.00. The molecule has 0 aliphatic rings. The summed E-state index contributed by atoms with van der Waals surface area (Å²) in [6.07, 6.45) is -0.437. The van der Waals surface area contributed by atoms with Crippen molar-refractivity contribution in [2.45, 2.75) is 6.29 Å². The molecule has 1 aromatic carbocycles. The number of nitrogens with zero attached hydrogens (tertiary/aromatic N) is 3. The molecule has 0 unspecified atom stereocenters. The van der Waals surface area contributed by atoms with Gasteiger partial charge in [0.2, 0.25) is 0 Å². The molecule has 74 valence electrons. The van der Waals surface area contributed by atoms with E-state index in [1.54, 1.807) is 24.3 Å². The van der Waals surface area contributed by atoms with Crippen molar-refractivity contribution in [3.8, 4) is 0 Å². The van der Waals surface area contributed by atoms with Crippen LogP contribution in [0.15, 0.2) is 24.3 Å². The van der Waals surface area contributed by atoms with Crippen LogP contribution >= 0.6 is 7.60 Å². The molecule has 2 aromatic rings. The highest BCUT2D eigenvalue weighted by Gasteiger charge is 2.16. The highest BCUT2D eigenvalue weighted by Crippen LogP contribution is 2.36. The first-order valence-corrected chi connectivity index (χ1v) is 5.69. The van der Waals surface area contributed by atoms with Crippen LogP contribution in [0.4, 0.5) is 0 Å². The number of aromatic nitrogens is 3. The van der Waals surface area contributed by atoms with Gasteiger partial charge in [-0.3, -0.25) is 4.57 Å². The van der Waals surface area contributed by atoms with E-state index in [0.717, 1.165) is 0 Å². The molecule has 0 fully saturated rings. The van der Waals surface area contributed by atoms with E-state index in [-0.39, 0.29) is 0 Å². The summed E-state index contributed by atoms with van der Waals surface area (Å²) in [6.45, 7) is 0. The summed E-state index contributed by atoms with van der Waals surface area (Å²) in [5, 5.41) is 7.43. The molecule has 0 atom stereocenters. The minimum Gasteiger partial charge on any atom is -0.323 e. The smallest absolute Gasteiger partial charge is 0.323 e. The molecule has 2 rings (SSSR count). The summed E-state index contributed by atoms with van der Waals surface area (Å²) in [7, 11) is -4.10. The van der Waals surface area contributed by atoms with Gasteiger partial charge < -0.3 is 9.79 Å². The average molecular weight is 213 g/mol. The third kappa shape index (κ3) is 1.82. The molecule has 0 bridgehead atoms. The molecule has 0 saturated carbocycles. The topological polar surface area (TPSA) is 88.2 Å². The molecule has 2 N–H and O–H groups in total. The van der Waals surface area contributed by atoms with Gasteiger partial charge in [0.25, 0.3) is 0 Å². The molecule has 7 heteroatoms. The van der Waals surface area contributed by atoms with E-state index in [0.29, 0.717) is 11.0 Å². The van der Waals surface area contributed by atoms with Crippen molar-refractivity contribution in [3.63, 3.8) is 0 Å². The van der Waals surface area contributed by atoms with Gasteiger partial charge in [-0.15, -0.1) is 5.10 Å². The second-order valence-electron chi connectivity index (χ2n) is 2.88. The summed E-state index contributed by atoms with van der Waals surface area (Å²) in [5.41, 5.74) is 1.25. The van der Waals surface area contributed by atoms with E-state index >= 15 is 0 Å². The molecule has 0 radical (unpaired) electrons. The Labute approximate surface area is 79.3 Å². The Bertz CT molecular complexity index is 504. The minimum absolute atomic E-state index is 0.437. The lowest BCUT2D eigenvalue weighted by molar-refractivity contribution is 0.359. The van der Waals surface area contributed by atoms with Crippen molar-refractivity contribution in [2.75, 3.05) is 0 Å². The number of benzene rings is 1. The number of para-hydroxylation sites is 1. The lowest BCUT2D eigenvalue weighted by Crippen LogP contribution is -2.00. The average Bonchev–Trinajstić information content (AvgIpc) is 2.47. The standard InChI is InChI=1S/C7H8N3O3P/c11-14(12,13)5-10-7-4-2-1-3-6(7)8-9-10/h1-4H,5H2,(H2,11,12,13). The molecule has 1 aromatic heterocycles.